The number of hydrogen-bond acceptors (Lipinski definition) is 11. The highest BCUT2D eigenvalue weighted by Crippen LogP contribution is 2.39. The number of allylic oxidation sites excluding steroid dienone is 2. The predicted molar refractivity (Wildman–Crippen MR) is 201 cm³/mol. The van der Waals surface area contributed by atoms with E-state index in [1.54, 1.807) is 24.3 Å². The van der Waals surface area contributed by atoms with Crippen molar-refractivity contribution in [3.63, 3.8) is 0 Å². The molecule has 15 heteroatoms. The van der Waals surface area contributed by atoms with E-state index in [4.69, 9.17) is 18.8 Å². The molecule has 4 heterocycles. The van der Waals surface area contributed by atoms with Crippen LogP contribution < -0.4 is 31.2 Å². The van der Waals surface area contributed by atoms with Crippen molar-refractivity contribution >= 4 is 58.4 Å². The molecule has 0 radical (unpaired) electrons. The molecule has 0 saturated carbocycles. The maximum absolute atomic E-state index is 12.4. The zero-order valence-electron chi connectivity index (χ0n) is 30.9. The Labute approximate surface area is 342 Å². The number of anilines is 1. The molecular weight excluding hydrogens is 812 g/mol. The van der Waals surface area contributed by atoms with Crippen molar-refractivity contribution < 1.29 is 69.1 Å². The van der Waals surface area contributed by atoms with Crippen LogP contribution in [0.5, 0.6) is 5.75 Å². The van der Waals surface area contributed by atoms with Crippen molar-refractivity contribution in [3.05, 3.63) is 143 Å². The van der Waals surface area contributed by atoms with Crippen molar-refractivity contribution in [2.75, 3.05) is 4.90 Å². The van der Waals surface area contributed by atoms with Gasteiger partial charge >= 0.3 is 17.8 Å². The van der Waals surface area contributed by atoms with E-state index in [1.807, 2.05) is 100 Å². The van der Waals surface area contributed by atoms with Crippen LogP contribution in [0.15, 0.2) is 120 Å². The van der Waals surface area contributed by atoms with Crippen molar-refractivity contribution in [1.82, 2.24) is 10.1 Å². The zero-order valence-corrected chi connectivity index (χ0v) is 32.5. The Morgan fingerprint density at radius 3 is 1.78 bits per heavy atom. The van der Waals surface area contributed by atoms with E-state index in [9.17, 15) is 28.8 Å². The molecule has 0 aliphatic carbocycles. The fraction of sp³-hybridized carbons (Fsp3) is 0.186. The zero-order chi connectivity index (χ0) is 39.5. The second-order valence-corrected chi connectivity index (χ2v) is 13.6. The molecule has 0 bridgehead atoms. The molecule has 0 atom stereocenters. The lowest BCUT2D eigenvalue weighted by Crippen LogP contribution is -3.00. The highest BCUT2D eigenvalue weighted by Gasteiger charge is 2.34. The second-order valence-electron chi connectivity index (χ2n) is 13.6. The van der Waals surface area contributed by atoms with E-state index in [-0.39, 0.29) is 55.5 Å². The Morgan fingerprint density at radius 1 is 0.655 bits per heavy atom. The Morgan fingerprint density at radius 2 is 1.17 bits per heavy atom. The number of imide groups is 2. The molecule has 0 spiro atoms. The van der Waals surface area contributed by atoms with Crippen LogP contribution in [0.1, 0.15) is 53.8 Å². The van der Waals surface area contributed by atoms with Gasteiger partial charge in [-0.05, 0) is 47.0 Å². The van der Waals surface area contributed by atoms with E-state index in [1.165, 1.54) is 0 Å². The van der Waals surface area contributed by atoms with Gasteiger partial charge in [-0.15, -0.1) is 10.1 Å². The van der Waals surface area contributed by atoms with Crippen LogP contribution in [0, 0.1) is 0 Å². The maximum atomic E-state index is 12.4. The number of oxazole rings is 1. The quantitative estimate of drug-likeness (QED) is 0.134. The molecule has 14 nitrogen and oxygen atoms in total. The minimum atomic E-state index is -0.693. The number of halogens is 1. The SMILES string of the molecule is O=C(Cc1ccc(CN2/C(=C/C=C/c3oc4ccccc4[n+]3Cc3ccc(CC(=O)ON4C(=O)CCC4=O)cc3)Oc3ccccc32)cc1)ON1C(=O)CCC1=O.[Br-]. The van der Waals surface area contributed by atoms with Gasteiger partial charge in [0.2, 0.25) is 11.5 Å². The summed E-state index contributed by atoms with van der Waals surface area (Å²) in [6, 6.07) is 30.3. The summed E-state index contributed by atoms with van der Waals surface area (Å²) in [6.07, 6.45) is 5.53. The highest BCUT2D eigenvalue weighted by atomic mass is 79.9. The van der Waals surface area contributed by atoms with Crippen molar-refractivity contribution in [1.29, 1.82) is 0 Å². The van der Waals surface area contributed by atoms with E-state index in [0.717, 1.165) is 22.3 Å². The maximum Gasteiger partial charge on any atom is 0.374 e. The third kappa shape index (κ3) is 8.59. The number of para-hydroxylation sites is 4. The molecule has 8 rings (SSSR count). The number of amides is 4. The summed E-state index contributed by atoms with van der Waals surface area (Å²) in [5.41, 5.74) is 5.71. The van der Waals surface area contributed by atoms with Crippen molar-refractivity contribution in [3.8, 4) is 5.75 Å². The average Bonchev–Trinajstić information content (AvgIpc) is 3.93. The van der Waals surface area contributed by atoms with Gasteiger partial charge < -0.3 is 40.7 Å². The van der Waals surface area contributed by atoms with E-state index < -0.39 is 35.6 Å². The van der Waals surface area contributed by atoms with Gasteiger partial charge in [-0.25, -0.2) is 9.59 Å². The lowest BCUT2D eigenvalue weighted by Gasteiger charge is -2.18. The molecule has 58 heavy (non-hydrogen) atoms. The predicted octanol–water partition coefficient (Wildman–Crippen LogP) is 2.03. The van der Waals surface area contributed by atoms with Gasteiger partial charge in [-0.3, -0.25) is 19.2 Å². The van der Waals surface area contributed by atoms with Gasteiger partial charge in [-0.1, -0.05) is 72.8 Å². The average molecular weight is 848 g/mol. The topological polar surface area (TPSA) is 157 Å². The molecule has 4 amide bonds. The number of hydrogen-bond donors (Lipinski definition) is 0. The minimum Gasteiger partial charge on any atom is -1.00 e. The Kier molecular flexibility index (Phi) is 11.6. The first-order valence-corrected chi connectivity index (χ1v) is 18.3. The van der Waals surface area contributed by atoms with Crippen molar-refractivity contribution in [2.24, 2.45) is 0 Å². The summed E-state index contributed by atoms with van der Waals surface area (Å²) in [4.78, 5) is 84.2. The van der Waals surface area contributed by atoms with E-state index >= 15 is 0 Å². The Bertz CT molecular complexity index is 2460. The van der Waals surface area contributed by atoms with Gasteiger partial charge in [0.1, 0.15) is 0 Å². The first-order chi connectivity index (χ1) is 27.7. The normalized spacial score (nSPS) is 15.7. The van der Waals surface area contributed by atoms with Gasteiger partial charge in [-0.2, -0.15) is 4.57 Å². The summed E-state index contributed by atoms with van der Waals surface area (Å²) in [6.45, 7) is 0.927. The molecular formula is C43H35BrN4O10. The third-order valence-electron chi connectivity index (χ3n) is 9.57. The molecule has 2 saturated heterocycles. The molecule has 5 aromatic rings. The van der Waals surface area contributed by atoms with E-state index in [2.05, 4.69) is 0 Å². The molecule has 3 aliphatic rings. The molecule has 1 aromatic heterocycles. The first kappa shape index (κ1) is 39.4. The monoisotopic (exact) mass is 846 g/mol. The highest BCUT2D eigenvalue weighted by molar-refractivity contribution is 6.02. The number of ether oxygens (including phenoxy) is 1. The summed E-state index contributed by atoms with van der Waals surface area (Å²) >= 11 is 0. The van der Waals surface area contributed by atoms with Crippen LogP contribution >= 0.6 is 0 Å². The van der Waals surface area contributed by atoms with Crippen LogP contribution in [0.25, 0.3) is 17.2 Å². The van der Waals surface area contributed by atoms with Crippen LogP contribution in [0.3, 0.4) is 0 Å². The summed E-state index contributed by atoms with van der Waals surface area (Å²) < 4.78 is 14.6. The fourth-order valence-electron chi connectivity index (χ4n) is 6.70. The smallest absolute Gasteiger partial charge is 0.374 e. The van der Waals surface area contributed by atoms with Crippen LogP contribution in [-0.2, 0) is 64.4 Å². The summed E-state index contributed by atoms with van der Waals surface area (Å²) in [5, 5.41) is 1.10. The summed E-state index contributed by atoms with van der Waals surface area (Å²) in [7, 11) is 0. The van der Waals surface area contributed by atoms with Gasteiger partial charge in [0, 0.05) is 37.3 Å². The molecule has 0 N–H and O–H groups in total. The lowest BCUT2D eigenvalue weighted by atomic mass is 10.1. The first-order valence-electron chi connectivity index (χ1n) is 18.3. The fourth-order valence-corrected chi connectivity index (χ4v) is 6.70. The molecule has 4 aromatic carbocycles. The van der Waals surface area contributed by atoms with Gasteiger partial charge in [0.15, 0.2) is 12.3 Å². The molecule has 3 aliphatic heterocycles. The largest absolute Gasteiger partial charge is 1.00 e. The second kappa shape index (κ2) is 17.1. The number of hydroxylamine groups is 4. The Hall–Kier alpha value is -6.87. The molecule has 2 fully saturated rings. The number of benzene rings is 4. The van der Waals surface area contributed by atoms with Crippen LogP contribution in [-0.4, -0.2) is 45.7 Å². The molecule has 0 unspecified atom stereocenters. The number of aromatic nitrogens is 1. The number of carbonyl (C=O) groups is 6. The number of carbonyl (C=O) groups excluding carboxylic acids is 6. The van der Waals surface area contributed by atoms with Crippen LogP contribution in [0.2, 0.25) is 0 Å². The number of nitrogens with zero attached hydrogens (tertiary/aromatic N) is 4. The van der Waals surface area contributed by atoms with Gasteiger partial charge in [0.05, 0.1) is 31.1 Å². The van der Waals surface area contributed by atoms with Crippen molar-refractivity contribution in [2.45, 2.75) is 51.6 Å². The number of fused-ring (bicyclic) bond motifs is 2. The lowest BCUT2D eigenvalue weighted by molar-refractivity contribution is -0.669. The minimum absolute atomic E-state index is 0. The third-order valence-corrected chi connectivity index (χ3v) is 9.57. The van der Waals surface area contributed by atoms with E-state index in [0.29, 0.717) is 57.4 Å². The van der Waals surface area contributed by atoms with Gasteiger partial charge in [0.25, 0.3) is 29.1 Å². The standard InChI is InChI=1S/C43H35N4O10.BrH/c48-36-20-21-37(49)46(36)56-42(52)24-28-12-16-30(17-13-28)26-44-32-6-1-3-8-34(32)54-40(44)10-5-11-41-45(33-7-2-4-9-35(33)55-41)27-31-18-14-29(15-19-31)25-43(53)57-47-38(50)22-23-39(47)51;/h1-19H,20-27H2;1H/q+1;/p-1. The molecule has 294 valence electrons. The summed E-state index contributed by atoms with van der Waals surface area (Å²) in [5.74, 6) is -1.58. The number of rotatable bonds is 12. The van der Waals surface area contributed by atoms with Crippen LogP contribution in [0.4, 0.5) is 5.69 Å². The Balaban J connectivity index is 0.00000512.